The Morgan fingerprint density at radius 3 is 2.57 bits per heavy atom. The largest absolute Gasteiger partial charge is 0.491 e. The Labute approximate surface area is 163 Å². The van der Waals surface area contributed by atoms with Crippen LogP contribution in [-0.4, -0.2) is 58.9 Å². The topological polar surface area (TPSA) is 97.4 Å². The summed E-state index contributed by atoms with van der Waals surface area (Å²) in [5.74, 6) is 1.18. The van der Waals surface area contributed by atoms with Crippen molar-refractivity contribution in [3.8, 4) is 17.1 Å². The number of nitrogens with one attached hydrogen (secondary N) is 1. The van der Waals surface area contributed by atoms with Crippen LogP contribution in [0.4, 0.5) is 0 Å². The number of aryl methyl sites for hydroxylation is 1. The van der Waals surface area contributed by atoms with Crippen LogP contribution in [0.1, 0.15) is 31.9 Å². The number of likely N-dealkylation sites (tertiary alicyclic amines) is 1. The van der Waals surface area contributed by atoms with Crippen LogP contribution in [0.2, 0.25) is 0 Å². The molecule has 150 valence electrons. The van der Waals surface area contributed by atoms with E-state index >= 15 is 0 Å². The Morgan fingerprint density at radius 1 is 1.14 bits per heavy atom. The van der Waals surface area contributed by atoms with Crippen LogP contribution in [0.15, 0.2) is 29.1 Å². The number of benzene rings is 1. The minimum Gasteiger partial charge on any atom is -0.491 e. The highest BCUT2D eigenvalue weighted by Gasteiger charge is 2.18. The summed E-state index contributed by atoms with van der Waals surface area (Å²) in [5.41, 5.74) is 0.713. The molecule has 0 unspecified atom stereocenters. The van der Waals surface area contributed by atoms with E-state index in [2.05, 4.69) is 15.2 Å². The zero-order chi connectivity index (χ0) is 19.8. The van der Waals surface area contributed by atoms with E-state index in [0.717, 1.165) is 37.2 Å². The van der Waals surface area contributed by atoms with E-state index in [4.69, 9.17) is 9.47 Å². The number of carbonyl (C=O) groups is 1. The van der Waals surface area contributed by atoms with Crippen molar-refractivity contribution in [2.24, 2.45) is 0 Å². The third-order valence-corrected chi connectivity index (χ3v) is 4.63. The van der Waals surface area contributed by atoms with Crippen molar-refractivity contribution in [1.82, 2.24) is 20.1 Å². The molecular weight excluding hydrogens is 360 g/mol. The SMILES string of the molecule is CCOCCOc1ccc(-c2nnc(CCC(=O)N3CCCC3)c(=O)[nH]2)cc1. The zero-order valence-electron chi connectivity index (χ0n) is 16.1. The summed E-state index contributed by atoms with van der Waals surface area (Å²) in [5, 5.41) is 8.14. The maximum atomic E-state index is 12.3. The molecule has 8 heteroatoms. The number of H-pyrrole nitrogens is 1. The van der Waals surface area contributed by atoms with Gasteiger partial charge in [0.25, 0.3) is 5.56 Å². The van der Waals surface area contributed by atoms with E-state index < -0.39 is 0 Å². The highest BCUT2D eigenvalue weighted by atomic mass is 16.5. The molecule has 1 amide bonds. The van der Waals surface area contributed by atoms with Gasteiger partial charge < -0.3 is 19.4 Å². The number of hydrogen-bond donors (Lipinski definition) is 1. The molecule has 0 aliphatic carbocycles. The van der Waals surface area contributed by atoms with Crippen LogP contribution in [0.3, 0.4) is 0 Å². The molecule has 1 aliphatic rings. The summed E-state index contributed by atoms with van der Waals surface area (Å²) in [6.45, 7) is 5.24. The van der Waals surface area contributed by atoms with Crippen LogP contribution in [0.5, 0.6) is 5.75 Å². The Kier molecular flexibility index (Phi) is 7.13. The number of carbonyl (C=O) groups excluding carboxylic acids is 1. The van der Waals surface area contributed by atoms with Crippen molar-refractivity contribution in [2.45, 2.75) is 32.6 Å². The smallest absolute Gasteiger partial charge is 0.273 e. The minimum absolute atomic E-state index is 0.0719. The molecule has 0 radical (unpaired) electrons. The number of ether oxygens (including phenoxy) is 2. The number of hydrogen-bond acceptors (Lipinski definition) is 6. The van der Waals surface area contributed by atoms with Gasteiger partial charge in [-0.1, -0.05) is 0 Å². The van der Waals surface area contributed by atoms with Crippen molar-refractivity contribution >= 4 is 5.91 Å². The molecule has 2 aromatic rings. The summed E-state index contributed by atoms with van der Waals surface area (Å²) in [7, 11) is 0. The standard InChI is InChI=1S/C20H26N4O4/c1-2-27-13-14-28-16-7-5-15(6-8-16)19-21-20(26)17(22-23-19)9-10-18(25)24-11-3-4-12-24/h5-8H,2-4,9-14H2,1H3,(H,21,23,26). The van der Waals surface area contributed by atoms with E-state index in [0.29, 0.717) is 32.1 Å². The molecule has 1 saturated heterocycles. The number of nitrogens with zero attached hydrogens (tertiary/aromatic N) is 3. The van der Waals surface area contributed by atoms with Gasteiger partial charge in [0.15, 0.2) is 5.82 Å². The monoisotopic (exact) mass is 386 g/mol. The van der Waals surface area contributed by atoms with Gasteiger partial charge in [0, 0.05) is 38.1 Å². The predicted octanol–water partition coefficient (Wildman–Crippen LogP) is 1.80. The average Bonchev–Trinajstić information content (AvgIpc) is 3.25. The lowest BCUT2D eigenvalue weighted by atomic mass is 10.2. The van der Waals surface area contributed by atoms with E-state index in [9.17, 15) is 9.59 Å². The molecule has 1 N–H and O–H groups in total. The average molecular weight is 386 g/mol. The third-order valence-electron chi connectivity index (χ3n) is 4.63. The van der Waals surface area contributed by atoms with Gasteiger partial charge in [-0.3, -0.25) is 9.59 Å². The highest BCUT2D eigenvalue weighted by molar-refractivity contribution is 5.76. The molecule has 3 rings (SSSR count). The number of amides is 1. The van der Waals surface area contributed by atoms with Gasteiger partial charge in [0.1, 0.15) is 18.1 Å². The summed E-state index contributed by atoms with van der Waals surface area (Å²) < 4.78 is 10.8. The summed E-state index contributed by atoms with van der Waals surface area (Å²) in [6, 6.07) is 7.24. The molecule has 0 spiro atoms. The van der Waals surface area contributed by atoms with Gasteiger partial charge in [0.05, 0.1) is 6.61 Å². The lowest BCUT2D eigenvalue weighted by Gasteiger charge is -2.14. The van der Waals surface area contributed by atoms with Gasteiger partial charge in [-0.15, -0.1) is 10.2 Å². The molecule has 1 aromatic carbocycles. The molecule has 2 heterocycles. The second kappa shape index (κ2) is 9.98. The Bertz CT molecular complexity index is 829. The quantitative estimate of drug-likeness (QED) is 0.660. The summed E-state index contributed by atoms with van der Waals surface area (Å²) in [6.07, 6.45) is 2.68. The number of rotatable bonds is 9. The highest BCUT2D eigenvalue weighted by Crippen LogP contribution is 2.18. The molecule has 8 nitrogen and oxygen atoms in total. The fraction of sp³-hybridized carbons (Fsp3) is 0.500. The molecule has 1 fully saturated rings. The fourth-order valence-corrected chi connectivity index (χ4v) is 3.08. The van der Waals surface area contributed by atoms with Gasteiger partial charge in [0.2, 0.25) is 5.91 Å². The van der Waals surface area contributed by atoms with E-state index in [1.165, 1.54) is 0 Å². The van der Waals surface area contributed by atoms with Gasteiger partial charge >= 0.3 is 0 Å². The van der Waals surface area contributed by atoms with Crippen molar-refractivity contribution in [3.63, 3.8) is 0 Å². The molecule has 0 bridgehead atoms. The Balaban J connectivity index is 1.57. The first-order valence-electron chi connectivity index (χ1n) is 9.72. The maximum Gasteiger partial charge on any atom is 0.273 e. The molecule has 0 saturated carbocycles. The third kappa shape index (κ3) is 5.39. The van der Waals surface area contributed by atoms with Crippen LogP contribution >= 0.6 is 0 Å². The molecular formula is C20H26N4O4. The van der Waals surface area contributed by atoms with Crippen LogP contribution in [0.25, 0.3) is 11.4 Å². The first-order chi connectivity index (χ1) is 13.7. The molecule has 0 atom stereocenters. The van der Waals surface area contributed by atoms with Gasteiger partial charge in [-0.2, -0.15) is 0 Å². The second-order valence-corrected chi connectivity index (χ2v) is 6.61. The van der Waals surface area contributed by atoms with Gasteiger partial charge in [-0.25, -0.2) is 0 Å². The normalized spacial score (nSPS) is 13.7. The predicted molar refractivity (Wildman–Crippen MR) is 104 cm³/mol. The lowest BCUT2D eigenvalue weighted by molar-refractivity contribution is -0.130. The fourth-order valence-electron chi connectivity index (χ4n) is 3.08. The van der Waals surface area contributed by atoms with Crippen molar-refractivity contribution in [3.05, 3.63) is 40.3 Å². The number of aromatic nitrogens is 3. The van der Waals surface area contributed by atoms with Crippen LogP contribution < -0.4 is 10.3 Å². The summed E-state index contributed by atoms with van der Waals surface area (Å²) in [4.78, 5) is 29.0. The molecule has 1 aromatic heterocycles. The van der Waals surface area contributed by atoms with Crippen molar-refractivity contribution in [2.75, 3.05) is 32.9 Å². The second-order valence-electron chi connectivity index (χ2n) is 6.61. The van der Waals surface area contributed by atoms with E-state index in [-0.39, 0.29) is 23.6 Å². The van der Waals surface area contributed by atoms with Crippen LogP contribution in [0, 0.1) is 0 Å². The maximum absolute atomic E-state index is 12.3. The molecule has 28 heavy (non-hydrogen) atoms. The first kappa shape index (κ1) is 20.0. The first-order valence-corrected chi connectivity index (χ1v) is 9.72. The van der Waals surface area contributed by atoms with E-state index in [1.807, 2.05) is 36.1 Å². The summed E-state index contributed by atoms with van der Waals surface area (Å²) >= 11 is 0. The van der Waals surface area contributed by atoms with Gasteiger partial charge in [-0.05, 0) is 44.0 Å². The number of aromatic amines is 1. The van der Waals surface area contributed by atoms with Crippen molar-refractivity contribution in [1.29, 1.82) is 0 Å². The molecule has 1 aliphatic heterocycles. The van der Waals surface area contributed by atoms with Crippen molar-refractivity contribution < 1.29 is 14.3 Å². The van der Waals surface area contributed by atoms with Crippen LogP contribution in [-0.2, 0) is 16.0 Å². The Hall–Kier alpha value is -2.74. The minimum atomic E-state index is -0.309. The van der Waals surface area contributed by atoms with E-state index in [1.54, 1.807) is 0 Å². The Morgan fingerprint density at radius 2 is 1.89 bits per heavy atom. The zero-order valence-corrected chi connectivity index (χ0v) is 16.1. The lowest BCUT2D eigenvalue weighted by Crippen LogP contribution is -2.28.